The highest BCUT2D eigenvalue weighted by Crippen LogP contribution is 2.26. The van der Waals surface area contributed by atoms with Crippen molar-refractivity contribution in [2.45, 2.75) is 261 Å². The van der Waals surface area contributed by atoms with Gasteiger partial charge in [0.05, 0.1) is 19.8 Å². The fourth-order valence-corrected chi connectivity index (χ4v) is 8.22. The molecule has 15 nitrogen and oxygen atoms in total. The van der Waals surface area contributed by atoms with Crippen LogP contribution in [0.25, 0.3) is 0 Å². The molecule has 0 aromatic heterocycles. The van der Waals surface area contributed by atoms with Crippen molar-refractivity contribution in [3.8, 4) is 0 Å². The fourth-order valence-electron chi connectivity index (χ4n) is 8.22. The fraction of sp³-hybridized carbons (Fsp3) is 0.849. The van der Waals surface area contributed by atoms with E-state index in [4.69, 9.17) is 28.4 Å². The molecule has 0 aromatic carbocycles. The summed E-state index contributed by atoms with van der Waals surface area (Å²) >= 11 is 0. The molecule has 0 aromatic rings. The molecule has 0 spiro atoms. The molecule has 11 unspecified atom stereocenters. The molecule has 2 heterocycles. The zero-order chi connectivity index (χ0) is 49.6. The van der Waals surface area contributed by atoms with Crippen LogP contribution in [0, 0.1) is 0 Å². The Kier molecular flexibility index (Phi) is 36.7. The van der Waals surface area contributed by atoms with Crippen LogP contribution in [-0.4, -0.2) is 142 Å². The van der Waals surface area contributed by atoms with Gasteiger partial charge in [-0.3, -0.25) is 9.59 Å². The molecule has 2 fully saturated rings. The van der Waals surface area contributed by atoms with E-state index >= 15 is 0 Å². The van der Waals surface area contributed by atoms with Gasteiger partial charge in [0.1, 0.15) is 55.4 Å². The number of carbonyl (C=O) groups is 2. The topological polar surface area (TPSA) is 231 Å². The second kappa shape index (κ2) is 40.3. The van der Waals surface area contributed by atoms with Gasteiger partial charge in [0.15, 0.2) is 18.7 Å². The first-order valence-corrected chi connectivity index (χ1v) is 26.6. The van der Waals surface area contributed by atoms with Gasteiger partial charge in [-0.05, 0) is 51.4 Å². The molecule has 0 saturated carbocycles. The first-order valence-electron chi connectivity index (χ1n) is 26.6. The summed E-state index contributed by atoms with van der Waals surface area (Å²) in [6, 6.07) is 0. The van der Waals surface area contributed by atoms with Crippen molar-refractivity contribution < 1.29 is 73.8 Å². The van der Waals surface area contributed by atoms with Crippen LogP contribution < -0.4 is 0 Å². The zero-order valence-corrected chi connectivity index (χ0v) is 41.8. The van der Waals surface area contributed by atoms with Gasteiger partial charge >= 0.3 is 11.9 Å². The molecule has 11 atom stereocenters. The molecule has 0 bridgehead atoms. The van der Waals surface area contributed by atoms with Crippen LogP contribution in [0.4, 0.5) is 0 Å². The Morgan fingerprint density at radius 2 is 0.882 bits per heavy atom. The summed E-state index contributed by atoms with van der Waals surface area (Å²) in [4.78, 5) is 25.8. The Bertz CT molecular complexity index is 1330. The third-order valence-electron chi connectivity index (χ3n) is 12.6. The Hall–Kier alpha value is -2.28. The maximum absolute atomic E-state index is 13.0. The molecule has 2 aliphatic heterocycles. The molecule has 0 radical (unpaired) electrons. The van der Waals surface area contributed by atoms with Crippen LogP contribution in [-0.2, 0) is 38.0 Å². The minimum absolute atomic E-state index is 0.152. The number of aliphatic hydroxyl groups excluding tert-OH is 7. The molecular weight excluding hydrogens is 877 g/mol. The van der Waals surface area contributed by atoms with Crippen LogP contribution >= 0.6 is 0 Å². The molecular formula is C53H94O15. The highest BCUT2D eigenvalue weighted by molar-refractivity contribution is 5.70. The van der Waals surface area contributed by atoms with Gasteiger partial charge in [-0.2, -0.15) is 0 Å². The second-order valence-electron chi connectivity index (χ2n) is 18.7. The third-order valence-corrected chi connectivity index (χ3v) is 12.6. The van der Waals surface area contributed by atoms with Crippen LogP contribution in [0.3, 0.4) is 0 Å². The third kappa shape index (κ3) is 27.9. The molecule has 2 saturated heterocycles. The Morgan fingerprint density at radius 1 is 0.471 bits per heavy atom. The summed E-state index contributed by atoms with van der Waals surface area (Å²) in [5, 5.41) is 72.1. The summed E-state index contributed by atoms with van der Waals surface area (Å²) in [5.41, 5.74) is 0. The van der Waals surface area contributed by atoms with E-state index in [2.05, 4.69) is 50.3 Å². The molecule has 2 rings (SSSR count). The monoisotopic (exact) mass is 971 g/mol. The van der Waals surface area contributed by atoms with Crippen LogP contribution in [0.5, 0.6) is 0 Å². The molecule has 7 N–H and O–H groups in total. The number of ether oxygens (including phenoxy) is 6. The van der Waals surface area contributed by atoms with Gasteiger partial charge in [0, 0.05) is 12.8 Å². The van der Waals surface area contributed by atoms with Crippen LogP contribution in [0.1, 0.15) is 194 Å². The average molecular weight is 971 g/mol. The predicted molar refractivity (Wildman–Crippen MR) is 261 cm³/mol. The molecule has 68 heavy (non-hydrogen) atoms. The highest BCUT2D eigenvalue weighted by atomic mass is 16.7. The van der Waals surface area contributed by atoms with Gasteiger partial charge in [0.25, 0.3) is 0 Å². The van der Waals surface area contributed by atoms with Gasteiger partial charge in [-0.25, -0.2) is 0 Å². The lowest BCUT2D eigenvalue weighted by Crippen LogP contribution is -2.61. The highest BCUT2D eigenvalue weighted by Gasteiger charge is 2.47. The van der Waals surface area contributed by atoms with Crippen molar-refractivity contribution in [3.05, 3.63) is 36.5 Å². The number of hydrogen-bond donors (Lipinski definition) is 7. The Balaban J connectivity index is 1.80. The van der Waals surface area contributed by atoms with Gasteiger partial charge in [-0.1, -0.05) is 166 Å². The number of hydrogen-bond acceptors (Lipinski definition) is 15. The SMILES string of the molecule is CCCCC/C=C\C/C=C\C/C=C\CCCCCCCCC(=O)OC(COC(=O)CCCCCCCCCCCCCCC)COC1OC(COC2OC(CO)C(O)C(O)C2O)C(O)C(O)C1O. The Morgan fingerprint density at radius 3 is 1.41 bits per heavy atom. The van der Waals surface area contributed by atoms with Crippen molar-refractivity contribution in [1.29, 1.82) is 0 Å². The zero-order valence-electron chi connectivity index (χ0n) is 41.8. The van der Waals surface area contributed by atoms with E-state index in [1.54, 1.807) is 0 Å². The van der Waals surface area contributed by atoms with E-state index in [-0.39, 0.29) is 26.1 Å². The minimum atomic E-state index is -1.77. The molecule has 0 aliphatic carbocycles. The number of esters is 2. The lowest BCUT2D eigenvalue weighted by molar-refractivity contribution is -0.332. The molecule has 396 valence electrons. The standard InChI is InChI=1S/C53H94O15/c1-3-5-7-9-11-13-15-17-18-19-20-21-22-24-26-28-30-32-34-36-45(56)66-41(38-63-44(55)35-33-31-29-27-25-23-16-14-12-10-8-6-4-2)39-64-52-51(62)49(60)47(58)43(68-52)40-65-53-50(61)48(59)46(57)42(37-54)67-53/h11,13,17-18,20-21,41-43,46-54,57-62H,3-10,12,14-16,19,22-40H2,1-2H3/b13-11-,18-17-,21-20-. The van der Waals surface area contributed by atoms with Crippen molar-refractivity contribution >= 4 is 11.9 Å². The van der Waals surface area contributed by atoms with Gasteiger partial charge < -0.3 is 64.2 Å². The van der Waals surface area contributed by atoms with Crippen molar-refractivity contribution in [2.75, 3.05) is 26.4 Å². The van der Waals surface area contributed by atoms with E-state index in [0.29, 0.717) is 12.8 Å². The molecule has 2 aliphatic rings. The lowest BCUT2D eigenvalue weighted by atomic mass is 9.98. The number of aliphatic hydroxyl groups is 7. The van der Waals surface area contributed by atoms with Crippen LogP contribution in [0.15, 0.2) is 36.5 Å². The normalized spacial score (nSPS) is 26.0. The summed E-state index contributed by atoms with van der Waals surface area (Å²) in [7, 11) is 0. The Labute approximate surface area is 408 Å². The number of carbonyl (C=O) groups excluding carboxylic acids is 2. The van der Waals surface area contributed by atoms with Crippen molar-refractivity contribution in [1.82, 2.24) is 0 Å². The number of allylic oxidation sites excluding steroid dienone is 6. The van der Waals surface area contributed by atoms with Gasteiger partial charge in [0.2, 0.25) is 0 Å². The van der Waals surface area contributed by atoms with E-state index in [1.165, 1.54) is 83.5 Å². The minimum Gasteiger partial charge on any atom is -0.462 e. The van der Waals surface area contributed by atoms with Gasteiger partial charge in [-0.15, -0.1) is 0 Å². The smallest absolute Gasteiger partial charge is 0.306 e. The summed E-state index contributed by atoms with van der Waals surface area (Å²) in [6.45, 7) is 2.56. The summed E-state index contributed by atoms with van der Waals surface area (Å²) in [6.07, 6.45) is 25.9. The van der Waals surface area contributed by atoms with E-state index in [9.17, 15) is 45.3 Å². The van der Waals surface area contributed by atoms with E-state index < -0.39 is 92.7 Å². The van der Waals surface area contributed by atoms with E-state index in [1.807, 2.05) is 0 Å². The molecule has 15 heteroatoms. The average Bonchev–Trinajstić information content (AvgIpc) is 3.33. The summed E-state index contributed by atoms with van der Waals surface area (Å²) in [5.74, 6) is -0.935. The first kappa shape index (κ1) is 61.8. The predicted octanol–water partition coefficient (Wildman–Crippen LogP) is 7.71. The first-order chi connectivity index (χ1) is 33.0. The molecule has 0 amide bonds. The van der Waals surface area contributed by atoms with Crippen LogP contribution in [0.2, 0.25) is 0 Å². The number of unbranched alkanes of at least 4 members (excludes halogenated alkanes) is 21. The summed E-state index contributed by atoms with van der Waals surface area (Å²) < 4.78 is 33.6. The lowest BCUT2D eigenvalue weighted by Gasteiger charge is -2.42. The largest absolute Gasteiger partial charge is 0.462 e. The van der Waals surface area contributed by atoms with Crippen molar-refractivity contribution in [2.24, 2.45) is 0 Å². The maximum atomic E-state index is 13.0. The van der Waals surface area contributed by atoms with E-state index in [0.717, 1.165) is 70.6 Å². The maximum Gasteiger partial charge on any atom is 0.306 e. The second-order valence-corrected chi connectivity index (χ2v) is 18.7. The quantitative estimate of drug-likeness (QED) is 0.0177. The number of rotatable bonds is 41. The van der Waals surface area contributed by atoms with Crippen molar-refractivity contribution in [3.63, 3.8) is 0 Å².